The van der Waals surface area contributed by atoms with Crippen LogP contribution in [0.1, 0.15) is 23.1 Å². The monoisotopic (exact) mass is 426 g/mol. The molecule has 2 aromatic heterocycles. The van der Waals surface area contributed by atoms with E-state index in [-0.39, 0.29) is 5.69 Å². The van der Waals surface area contributed by atoms with Crippen LogP contribution in [0.25, 0.3) is 28.3 Å². The second-order valence-electron chi connectivity index (χ2n) is 7.73. The number of hydrogen-bond acceptors (Lipinski definition) is 4. The van der Waals surface area contributed by atoms with Crippen LogP contribution < -0.4 is 5.32 Å². The third-order valence-corrected chi connectivity index (χ3v) is 5.62. The van der Waals surface area contributed by atoms with Crippen molar-refractivity contribution in [2.45, 2.75) is 19.3 Å². The van der Waals surface area contributed by atoms with Crippen LogP contribution in [-0.2, 0) is 12.8 Å². The van der Waals surface area contributed by atoms with Gasteiger partial charge < -0.3 is 5.32 Å². The zero-order chi connectivity index (χ0) is 22.1. The molecule has 0 amide bonds. The molecule has 4 aromatic rings. The lowest BCUT2D eigenvalue weighted by molar-refractivity contribution is 0.591. The molecule has 4 nitrogen and oxygen atoms in total. The van der Waals surface area contributed by atoms with Crippen LogP contribution in [0, 0.1) is 11.6 Å². The van der Waals surface area contributed by atoms with E-state index in [0.717, 1.165) is 52.8 Å². The first-order valence-corrected chi connectivity index (χ1v) is 10.4. The number of rotatable bonds is 4. The fourth-order valence-corrected chi connectivity index (χ4v) is 3.99. The number of hydrogen-bond donors (Lipinski definition) is 1. The number of nitrogens with one attached hydrogen (secondary N) is 1. The van der Waals surface area contributed by atoms with E-state index < -0.39 is 11.6 Å². The molecular formula is C26H20F2N4. The number of para-hydroxylation sites is 1. The number of aryl methyl sites for hydroxylation is 2. The number of fused-ring (bicyclic) bond motifs is 3. The average molecular weight is 426 g/mol. The molecule has 0 radical (unpaired) electrons. The number of halogens is 2. The third-order valence-electron chi connectivity index (χ3n) is 5.62. The van der Waals surface area contributed by atoms with Gasteiger partial charge >= 0.3 is 0 Å². The summed E-state index contributed by atoms with van der Waals surface area (Å²) in [7, 11) is 0. The van der Waals surface area contributed by atoms with Gasteiger partial charge in [0.1, 0.15) is 17.3 Å². The van der Waals surface area contributed by atoms with Gasteiger partial charge in [-0.05, 0) is 66.3 Å². The van der Waals surface area contributed by atoms with E-state index in [1.165, 1.54) is 18.2 Å². The summed E-state index contributed by atoms with van der Waals surface area (Å²) in [5.41, 5.74) is 6.05. The van der Waals surface area contributed by atoms with Gasteiger partial charge in [-0.15, -0.1) is 0 Å². The topological polar surface area (TPSA) is 50.7 Å². The van der Waals surface area contributed by atoms with Crippen LogP contribution in [-0.4, -0.2) is 15.0 Å². The summed E-state index contributed by atoms with van der Waals surface area (Å²) in [6, 6.07) is 13.5. The molecule has 0 spiro atoms. The first-order chi connectivity index (χ1) is 15.6. The Kier molecular flexibility index (Phi) is 5.19. The van der Waals surface area contributed by atoms with Crippen LogP contribution in [0.5, 0.6) is 0 Å². The van der Waals surface area contributed by atoms with Gasteiger partial charge in [0, 0.05) is 35.4 Å². The molecule has 0 bridgehead atoms. The highest BCUT2D eigenvalue weighted by Gasteiger charge is 2.19. The normalized spacial score (nSPS) is 12.4. The molecule has 0 unspecified atom stereocenters. The molecule has 1 aliphatic rings. The molecular weight excluding hydrogens is 406 g/mol. The van der Waals surface area contributed by atoms with Crippen molar-refractivity contribution in [3.63, 3.8) is 0 Å². The maximum Gasteiger partial charge on any atom is 0.161 e. The molecule has 32 heavy (non-hydrogen) atoms. The van der Waals surface area contributed by atoms with E-state index in [9.17, 15) is 8.78 Å². The predicted molar refractivity (Wildman–Crippen MR) is 122 cm³/mol. The molecule has 158 valence electrons. The van der Waals surface area contributed by atoms with Crippen molar-refractivity contribution in [3.8, 4) is 22.6 Å². The Bertz CT molecular complexity index is 1300. The van der Waals surface area contributed by atoms with Gasteiger partial charge in [0.25, 0.3) is 0 Å². The fraction of sp³-hybridized carbons (Fsp3) is 0.115. The summed E-state index contributed by atoms with van der Waals surface area (Å²) in [6.45, 7) is 4.00. The highest BCUT2D eigenvalue weighted by Crippen LogP contribution is 2.34. The molecule has 1 N–H and O–H groups in total. The predicted octanol–water partition coefficient (Wildman–Crippen LogP) is 6.06. The summed E-state index contributed by atoms with van der Waals surface area (Å²) in [5, 5.41) is 2.79. The van der Waals surface area contributed by atoms with Crippen molar-refractivity contribution in [1.82, 2.24) is 15.0 Å². The number of anilines is 1. The Morgan fingerprint density at radius 3 is 2.53 bits per heavy atom. The van der Waals surface area contributed by atoms with Gasteiger partial charge in [0.2, 0.25) is 0 Å². The van der Waals surface area contributed by atoms with Gasteiger partial charge in [-0.3, -0.25) is 4.98 Å². The molecule has 0 atom stereocenters. The summed E-state index contributed by atoms with van der Waals surface area (Å²) in [6.07, 6.45) is 8.07. The standard InChI is InChI=1S/C26H20F2N4/c1-16(31-25-22(27)8-3-9-23(25)28)17-10-11-21-18(13-17)5-2-6-19-15-30-26(32-24(19)21)20-7-4-12-29-14-20/h3-4,7-15,31H,1-2,5-6H2. The Labute approximate surface area is 184 Å². The quantitative estimate of drug-likeness (QED) is 0.431. The summed E-state index contributed by atoms with van der Waals surface area (Å²) in [5.74, 6) is -0.682. The van der Waals surface area contributed by atoms with Crippen LogP contribution in [0.4, 0.5) is 14.5 Å². The van der Waals surface area contributed by atoms with Gasteiger partial charge in [-0.25, -0.2) is 18.7 Å². The number of nitrogens with zero attached hydrogens (tertiary/aromatic N) is 3. The fourth-order valence-electron chi connectivity index (χ4n) is 3.99. The van der Waals surface area contributed by atoms with E-state index in [0.29, 0.717) is 11.5 Å². The van der Waals surface area contributed by atoms with Crippen molar-refractivity contribution >= 4 is 11.4 Å². The van der Waals surface area contributed by atoms with Crippen LogP contribution in [0.15, 0.2) is 73.7 Å². The van der Waals surface area contributed by atoms with E-state index >= 15 is 0 Å². The van der Waals surface area contributed by atoms with Crippen molar-refractivity contribution in [1.29, 1.82) is 0 Å². The third kappa shape index (κ3) is 3.75. The molecule has 6 heteroatoms. The average Bonchev–Trinajstić information content (AvgIpc) is 3.00. The molecule has 0 aliphatic heterocycles. The zero-order valence-corrected chi connectivity index (χ0v) is 17.3. The van der Waals surface area contributed by atoms with E-state index in [1.54, 1.807) is 12.4 Å². The molecule has 2 heterocycles. The smallest absolute Gasteiger partial charge is 0.161 e. The second kappa shape index (κ2) is 8.30. The number of aromatic nitrogens is 3. The minimum absolute atomic E-state index is 0.202. The molecule has 0 saturated heterocycles. The largest absolute Gasteiger partial charge is 0.351 e. The van der Waals surface area contributed by atoms with Crippen molar-refractivity contribution < 1.29 is 8.78 Å². The van der Waals surface area contributed by atoms with Gasteiger partial charge in [0.05, 0.1) is 5.69 Å². The lowest BCUT2D eigenvalue weighted by Crippen LogP contribution is -2.03. The molecule has 2 aromatic carbocycles. The lowest BCUT2D eigenvalue weighted by atomic mass is 9.98. The second-order valence-corrected chi connectivity index (χ2v) is 7.73. The first kappa shape index (κ1) is 20.0. The Morgan fingerprint density at radius 2 is 1.75 bits per heavy atom. The lowest BCUT2D eigenvalue weighted by Gasteiger charge is -2.15. The summed E-state index contributed by atoms with van der Waals surface area (Å²) in [4.78, 5) is 13.6. The van der Waals surface area contributed by atoms with Crippen molar-refractivity contribution in [3.05, 3.63) is 102 Å². The number of pyridine rings is 1. The Balaban J connectivity index is 1.51. The van der Waals surface area contributed by atoms with E-state index in [2.05, 4.69) is 21.9 Å². The molecule has 0 fully saturated rings. The maximum atomic E-state index is 14.0. The van der Waals surface area contributed by atoms with Crippen LogP contribution in [0.2, 0.25) is 0 Å². The van der Waals surface area contributed by atoms with Gasteiger partial charge in [0.15, 0.2) is 5.82 Å². The van der Waals surface area contributed by atoms with Gasteiger partial charge in [-0.2, -0.15) is 0 Å². The van der Waals surface area contributed by atoms with Gasteiger partial charge in [-0.1, -0.05) is 24.8 Å². The Morgan fingerprint density at radius 1 is 0.938 bits per heavy atom. The minimum atomic E-state index is -0.658. The maximum absolute atomic E-state index is 14.0. The summed E-state index contributed by atoms with van der Waals surface area (Å²) >= 11 is 0. The van der Waals surface area contributed by atoms with Crippen molar-refractivity contribution in [2.75, 3.05) is 5.32 Å². The van der Waals surface area contributed by atoms with Crippen LogP contribution >= 0.6 is 0 Å². The SMILES string of the molecule is C=C(Nc1c(F)cccc1F)c1ccc2c(c1)CCCc1cnc(-c3cccnc3)nc1-2. The Hall–Kier alpha value is -3.93. The molecule has 5 rings (SSSR count). The van der Waals surface area contributed by atoms with E-state index in [4.69, 9.17) is 4.98 Å². The highest BCUT2D eigenvalue weighted by molar-refractivity contribution is 5.79. The van der Waals surface area contributed by atoms with E-state index in [1.807, 2.05) is 36.5 Å². The zero-order valence-electron chi connectivity index (χ0n) is 17.3. The highest BCUT2D eigenvalue weighted by atomic mass is 19.1. The molecule has 1 aliphatic carbocycles. The molecule has 0 saturated carbocycles. The minimum Gasteiger partial charge on any atom is -0.351 e. The summed E-state index contributed by atoms with van der Waals surface area (Å²) < 4.78 is 28.1. The van der Waals surface area contributed by atoms with Crippen LogP contribution in [0.3, 0.4) is 0 Å². The van der Waals surface area contributed by atoms with Crippen molar-refractivity contribution in [2.24, 2.45) is 0 Å². The first-order valence-electron chi connectivity index (χ1n) is 10.4. The number of benzene rings is 2.